The van der Waals surface area contributed by atoms with Gasteiger partial charge in [0.15, 0.2) is 11.5 Å². The van der Waals surface area contributed by atoms with Gasteiger partial charge in [-0.2, -0.15) is 4.68 Å². The van der Waals surface area contributed by atoms with Crippen LogP contribution in [-0.2, 0) is 13.2 Å². The van der Waals surface area contributed by atoms with E-state index >= 15 is 0 Å². The highest BCUT2D eigenvalue weighted by atomic mass is 35.5. The van der Waals surface area contributed by atoms with E-state index in [0.29, 0.717) is 28.6 Å². The molecule has 1 N–H and O–H groups in total. The molecule has 0 fully saturated rings. The summed E-state index contributed by atoms with van der Waals surface area (Å²) < 4.78 is 26.3. The monoisotopic (exact) mass is 499 g/mol. The molecule has 1 aromatic heterocycles. The molecule has 0 saturated heterocycles. The fourth-order valence-electron chi connectivity index (χ4n) is 3.18. The third kappa shape index (κ3) is 6.25. The second-order valence-corrected chi connectivity index (χ2v) is 8.71. The summed E-state index contributed by atoms with van der Waals surface area (Å²) in [5.74, 6) is 1.64. The smallest absolute Gasteiger partial charge is 0.214 e. The number of nitrogens with one attached hydrogen (secondary N) is 1. The molecule has 0 spiro atoms. The summed E-state index contributed by atoms with van der Waals surface area (Å²) in [4.78, 5) is 0. The Morgan fingerprint density at radius 3 is 2.71 bits per heavy atom. The summed E-state index contributed by atoms with van der Waals surface area (Å²) >= 11 is 7.66. The number of thioether (sulfide) groups is 1. The van der Waals surface area contributed by atoms with E-state index in [9.17, 15) is 4.39 Å². The highest BCUT2D eigenvalue weighted by molar-refractivity contribution is 7.99. The van der Waals surface area contributed by atoms with Crippen LogP contribution in [0.2, 0.25) is 5.02 Å². The molecule has 34 heavy (non-hydrogen) atoms. The van der Waals surface area contributed by atoms with Crippen LogP contribution in [0.1, 0.15) is 11.1 Å². The van der Waals surface area contributed by atoms with Crippen LogP contribution in [0.5, 0.6) is 11.5 Å². The number of methoxy groups -OCH3 is 1. The van der Waals surface area contributed by atoms with E-state index in [1.807, 2.05) is 48.5 Å². The Morgan fingerprint density at radius 1 is 1.06 bits per heavy atom. The summed E-state index contributed by atoms with van der Waals surface area (Å²) in [5, 5.41) is 16.5. The van der Waals surface area contributed by atoms with Crippen molar-refractivity contribution in [2.45, 2.75) is 18.3 Å². The largest absolute Gasteiger partial charge is 0.493 e. The minimum Gasteiger partial charge on any atom is -0.493 e. The highest BCUT2D eigenvalue weighted by Crippen LogP contribution is 2.30. The molecule has 0 bridgehead atoms. The van der Waals surface area contributed by atoms with Crippen LogP contribution in [-0.4, -0.2) is 39.6 Å². The van der Waals surface area contributed by atoms with Crippen LogP contribution in [0.3, 0.4) is 0 Å². The Balaban J connectivity index is 1.26. The van der Waals surface area contributed by atoms with Crippen molar-refractivity contribution in [3.8, 4) is 17.2 Å². The van der Waals surface area contributed by atoms with E-state index in [2.05, 4.69) is 20.8 Å². The Bertz CT molecular complexity index is 1230. The average Bonchev–Trinajstić information content (AvgIpc) is 3.33. The fourth-order valence-corrected chi connectivity index (χ4v) is 4.19. The first-order valence-corrected chi connectivity index (χ1v) is 11.9. The van der Waals surface area contributed by atoms with Crippen LogP contribution >= 0.6 is 23.4 Å². The lowest BCUT2D eigenvalue weighted by Gasteiger charge is -2.13. The van der Waals surface area contributed by atoms with Crippen molar-refractivity contribution in [3.05, 3.63) is 88.7 Å². The van der Waals surface area contributed by atoms with Crippen LogP contribution in [0.25, 0.3) is 5.69 Å². The van der Waals surface area contributed by atoms with Gasteiger partial charge in [-0.25, -0.2) is 4.39 Å². The lowest BCUT2D eigenvalue weighted by Crippen LogP contribution is -2.17. The van der Waals surface area contributed by atoms with Gasteiger partial charge in [0.2, 0.25) is 5.16 Å². The zero-order valence-electron chi connectivity index (χ0n) is 18.4. The van der Waals surface area contributed by atoms with Gasteiger partial charge >= 0.3 is 0 Å². The first kappa shape index (κ1) is 24.0. The predicted octanol–water partition coefficient (Wildman–Crippen LogP) is 4.92. The molecule has 0 aliphatic heterocycles. The number of nitrogens with zero attached hydrogens (tertiary/aromatic N) is 4. The number of aromatic nitrogens is 4. The number of hydrogen-bond donors (Lipinski definition) is 1. The van der Waals surface area contributed by atoms with Gasteiger partial charge in [-0.15, -0.1) is 5.10 Å². The van der Waals surface area contributed by atoms with Crippen molar-refractivity contribution < 1.29 is 13.9 Å². The predicted molar refractivity (Wildman–Crippen MR) is 130 cm³/mol. The van der Waals surface area contributed by atoms with Crippen molar-refractivity contribution in [1.29, 1.82) is 0 Å². The maximum Gasteiger partial charge on any atom is 0.214 e. The lowest BCUT2D eigenvalue weighted by molar-refractivity contribution is 0.284. The molecule has 0 amide bonds. The van der Waals surface area contributed by atoms with E-state index in [1.165, 1.54) is 12.1 Å². The molecule has 10 heteroatoms. The van der Waals surface area contributed by atoms with E-state index in [-0.39, 0.29) is 12.4 Å². The fraction of sp³-hybridized carbons (Fsp3) is 0.208. The third-order valence-electron chi connectivity index (χ3n) is 4.91. The molecule has 0 aliphatic rings. The van der Waals surface area contributed by atoms with Gasteiger partial charge < -0.3 is 14.8 Å². The normalized spacial score (nSPS) is 10.9. The lowest BCUT2D eigenvalue weighted by atomic mass is 10.2. The number of para-hydroxylation sites is 1. The minimum atomic E-state index is -0.378. The Kier molecular flexibility index (Phi) is 8.35. The SMILES string of the molecule is COc1cc(CNCCSc2nnnn2-c2ccccc2)ccc1OCc1ccc(F)cc1Cl. The minimum absolute atomic E-state index is 0.215. The standard InChI is InChI=1S/C24H23ClFN5O2S/c1-32-23-13-17(7-10-22(23)33-16-18-8-9-19(26)14-21(18)25)15-27-11-12-34-24-28-29-30-31(24)20-5-3-2-4-6-20/h2-10,13-14,27H,11-12,15-16H2,1H3. The van der Waals surface area contributed by atoms with Crippen LogP contribution in [0, 0.1) is 5.82 Å². The number of rotatable bonds is 11. The zero-order chi connectivity index (χ0) is 23.8. The van der Waals surface area contributed by atoms with Crippen molar-refractivity contribution in [2.75, 3.05) is 19.4 Å². The summed E-state index contributed by atoms with van der Waals surface area (Å²) in [5.41, 5.74) is 2.69. The Hall–Kier alpha value is -3.14. The summed E-state index contributed by atoms with van der Waals surface area (Å²) in [7, 11) is 1.60. The van der Waals surface area contributed by atoms with Crippen LogP contribution < -0.4 is 14.8 Å². The molecule has 1 heterocycles. The van der Waals surface area contributed by atoms with Gasteiger partial charge in [-0.1, -0.05) is 53.7 Å². The molecule has 0 unspecified atom stereocenters. The van der Waals surface area contributed by atoms with E-state index < -0.39 is 0 Å². The molecule has 7 nitrogen and oxygen atoms in total. The molecule has 0 aliphatic carbocycles. The third-order valence-corrected chi connectivity index (χ3v) is 6.18. The van der Waals surface area contributed by atoms with Gasteiger partial charge in [0.05, 0.1) is 17.8 Å². The summed E-state index contributed by atoms with van der Waals surface area (Å²) in [6, 6.07) is 19.8. The molecule has 0 radical (unpaired) electrons. The Morgan fingerprint density at radius 2 is 1.91 bits per heavy atom. The number of hydrogen-bond acceptors (Lipinski definition) is 7. The number of halogens is 2. The van der Waals surface area contributed by atoms with Gasteiger partial charge in [0, 0.05) is 24.4 Å². The van der Waals surface area contributed by atoms with Gasteiger partial charge in [0.1, 0.15) is 12.4 Å². The maximum absolute atomic E-state index is 13.2. The van der Waals surface area contributed by atoms with E-state index in [4.69, 9.17) is 21.1 Å². The van der Waals surface area contributed by atoms with Gasteiger partial charge in [0.25, 0.3) is 0 Å². The average molecular weight is 500 g/mol. The molecular formula is C24H23ClFN5O2S. The summed E-state index contributed by atoms with van der Waals surface area (Å²) in [6.45, 7) is 1.66. The molecule has 0 saturated carbocycles. The van der Waals surface area contributed by atoms with Crippen LogP contribution in [0.4, 0.5) is 4.39 Å². The molecule has 176 valence electrons. The second-order valence-electron chi connectivity index (χ2n) is 7.24. The van der Waals surface area contributed by atoms with E-state index in [1.54, 1.807) is 29.6 Å². The number of tetrazole rings is 1. The molecule has 4 aromatic rings. The van der Waals surface area contributed by atoms with E-state index in [0.717, 1.165) is 28.7 Å². The van der Waals surface area contributed by atoms with Crippen molar-refractivity contribution in [3.63, 3.8) is 0 Å². The first-order chi connectivity index (χ1) is 16.6. The number of ether oxygens (including phenoxy) is 2. The van der Waals surface area contributed by atoms with Crippen LogP contribution in [0.15, 0.2) is 71.9 Å². The zero-order valence-corrected chi connectivity index (χ0v) is 20.0. The quantitative estimate of drug-likeness (QED) is 0.232. The first-order valence-electron chi connectivity index (χ1n) is 10.5. The van der Waals surface area contributed by atoms with Gasteiger partial charge in [-0.3, -0.25) is 0 Å². The van der Waals surface area contributed by atoms with Gasteiger partial charge in [-0.05, 0) is 52.4 Å². The maximum atomic E-state index is 13.2. The van der Waals surface area contributed by atoms with Crippen molar-refractivity contribution in [2.24, 2.45) is 0 Å². The molecular weight excluding hydrogens is 477 g/mol. The Labute approximate surface area is 206 Å². The molecule has 0 atom stereocenters. The second kappa shape index (κ2) is 11.8. The van der Waals surface area contributed by atoms with Crippen molar-refractivity contribution >= 4 is 23.4 Å². The topological polar surface area (TPSA) is 74.1 Å². The summed E-state index contributed by atoms with van der Waals surface area (Å²) in [6.07, 6.45) is 0. The number of benzene rings is 3. The highest BCUT2D eigenvalue weighted by Gasteiger charge is 2.10. The van der Waals surface area contributed by atoms with Crippen molar-refractivity contribution in [1.82, 2.24) is 25.5 Å². The molecule has 3 aromatic carbocycles. The molecule has 4 rings (SSSR count).